The maximum atomic E-state index is 11.9. The van der Waals surface area contributed by atoms with E-state index in [0.717, 1.165) is 37.1 Å². The summed E-state index contributed by atoms with van der Waals surface area (Å²) in [6, 6.07) is 9.81. The number of benzene rings is 1. The third-order valence-corrected chi connectivity index (χ3v) is 3.18. The first-order valence-corrected chi connectivity index (χ1v) is 6.60. The lowest BCUT2D eigenvalue weighted by atomic mass is 9.87. The Bertz CT molecular complexity index is 425. The fourth-order valence-electron chi connectivity index (χ4n) is 2.29. The fraction of sp³-hybridized carbons (Fsp3) is 0.467. The van der Waals surface area contributed by atoms with Gasteiger partial charge in [-0.15, -0.1) is 0 Å². The summed E-state index contributed by atoms with van der Waals surface area (Å²) in [6.07, 6.45) is 3.96. The van der Waals surface area contributed by atoms with Crippen molar-refractivity contribution in [3.63, 3.8) is 0 Å². The summed E-state index contributed by atoms with van der Waals surface area (Å²) in [5, 5.41) is 0. The Hall–Kier alpha value is -1.64. The van der Waals surface area contributed by atoms with Crippen LogP contribution in [-0.2, 0) is 9.53 Å². The SMILES string of the molecule is CCOC(=O)C1CCCCC1=Nc1ccccc1. The van der Waals surface area contributed by atoms with Crippen molar-refractivity contribution in [2.45, 2.75) is 32.6 Å². The molecule has 0 saturated heterocycles. The molecule has 0 radical (unpaired) electrons. The predicted octanol–water partition coefficient (Wildman–Crippen LogP) is 3.51. The molecule has 0 spiro atoms. The lowest BCUT2D eigenvalue weighted by Gasteiger charge is -2.22. The highest BCUT2D eigenvalue weighted by Gasteiger charge is 2.28. The molecule has 1 atom stereocenters. The van der Waals surface area contributed by atoms with E-state index < -0.39 is 0 Å². The van der Waals surface area contributed by atoms with Crippen LogP contribution in [-0.4, -0.2) is 18.3 Å². The lowest BCUT2D eigenvalue weighted by molar-refractivity contribution is -0.145. The van der Waals surface area contributed by atoms with Crippen molar-refractivity contribution >= 4 is 17.4 Å². The maximum Gasteiger partial charge on any atom is 0.314 e. The second-order valence-electron chi connectivity index (χ2n) is 4.49. The fourth-order valence-corrected chi connectivity index (χ4v) is 2.29. The number of hydrogen-bond donors (Lipinski definition) is 0. The first kappa shape index (κ1) is 12.8. The van der Waals surface area contributed by atoms with Gasteiger partial charge in [0.1, 0.15) is 0 Å². The average molecular weight is 245 g/mol. The maximum absolute atomic E-state index is 11.9. The molecule has 2 rings (SSSR count). The van der Waals surface area contributed by atoms with Gasteiger partial charge >= 0.3 is 5.97 Å². The Morgan fingerprint density at radius 1 is 1.33 bits per heavy atom. The van der Waals surface area contributed by atoms with Crippen molar-refractivity contribution in [3.8, 4) is 0 Å². The summed E-state index contributed by atoms with van der Waals surface area (Å²) in [7, 11) is 0. The molecule has 18 heavy (non-hydrogen) atoms. The molecule has 1 aliphatic carbocycles. The zero-order chi connectivity index (χ0) is 12.8. The normalized spacial score (nSPS) is 21.8. The van der Waals surface area contributed by atoms with Crippen molar-refractivity contribution in [1.29, 1.82) is 0 Å². The molecule has 1 aromatic rings. The Labute approximate surface area is 108 Å². The van der Waals surface area contributed by atoms with Crippen LogP contribution in [0.5, 0.6) is 0 Å². The summed E-state index contributed by atoms with van der Waals surface area (Å²) in [5.41, 5.74) is 1.90. The van der Waals surface area contributed by atoms with E-state index in [1.165, 1.54) is 0 Å². The number of carbonyl (C=O) groups excluding carboxylic acids is 1. The second-order valence-corrected chi connectivity index (χ2v) is 4.49. The minimum atomic E-state index is -0.140. The van der Waals surface area contributed by atoms with Crippen LogP contribution in [0.15, 0.2) is 35.3 Å². The molecule has 96 valence electrons. The molecule has 0 N–H and O–H groups in total. The molecule has 0 amide bonds. The molecular weight excluding hydrogens is 226 g/mol. The topological polar surface area (TPSA) is 38.7 Å². The highest BCUT2D eigenvalue weighted by Crippen LogP contribution is 2.25. The predicted molar refractivity (Wildman–Crippen MR) is 72.1 cm³/mol. The summed E-state index contributed by atoms with van der Waals surface area (Å²) < 4.78 is 5.13. The Morgan fingerprint density at radius 3 is 2.83 bits per heavy atom. The summed E-state index contributed by atoms with van der Waals surface area (Å²) in [4.78, 5) is 16.5. The van der Waals surface area contributed by atoms with E-state index in [-0.39, 0.29) is 11.9 Å². The first-order valence-electron chi connectivity index (χ1n) is 6.60. The molecule has 1 saturated carbocycles. The molecule has 1 aliphatic rings. The van der Waals surface area contributed by atoms with Crippen LogP contribution in [0, 0.1) is 5.92 Å². The van der Waals surface area contributed by atoms with Gasteiger partial charge in [0.05, 0.1) is 18.2 Å². The van der Waals surface area contributed by atoms with Gasteiger partial charge in [0.25, 0.3) is 0 Å². The van der Waals surface area contributed by atoms with E-state index in [2.05, 4.69) is 4.99 Å². The minimum Gasteiger partial charge on any atom is -0.465 e. The molecule has 1 fully saturated rings. The Morgan fingerprint density at radius 2 is 2.11 bits per heavy atom. The van der Waals surface area contributed by atoms with Gasteiger partial charge in [-0.25, -0.2) is 0 Å². The smallest absolute Gasteiger partial charge is 0.314 e. The molecule has 1 aromatic carbocycles. The first-order chi connectivity index (χ1) is 8.81. The number of hydrogen-bond acceptors (Lipinski definition) is 3. The number of para-hydroxylation sites is 1. The standard InChI is InChI=1S/C15H19NO2/c1-2-18-15(17)13-10-6-7-11-14(13)16-12-8-4-3-5-9-12/h3-5,8-9,13H,2,6-7,10-11H2,1H3. The summed E-state index contributed by atoms with van der Waals surface area (Å²) >= 11 is 0. The van der Waals surface area contributed by atoms with Crippen molar-refractivity contribution in [2.75, 3.05) is 6.61 Å². The van der Waals surface area contributed by atoms with E-state index in [1.807, 2.05) is 37.3 Å². The number of carbonyl (C=O) groups is 1. The van der Waals surface area contributed by atoms with Crippen molar-refractivity contribution in [2.24, 2.45) is 10.9 Å². The van der Waals surface area contributed by atoms with Crippen molar-refractivity contribution in [3.05, 3.63) is 30.3 Å². The molecule has 0 heterocycles. The largest absolute Gasteiger partial charge is 0.465 e. The number of rotatable bonds is 3. The molecule has 0 aromatic heterocycles. The second kappa shape index (κ2) is 6.34. The zero-order valence-corrected chi connectivity index (χ0v) is 10.8. The Kier molecular flexibility index (Phi) is 4.51. The number of nitrogens with zero attached hydrogens (tertiary/aromatic N) is 1. The van der Waals surface area contributed by atoms with Crippen LogP contribution < -0.4 is 0 Å². The van der Waals surface area contributed by atoms with Crippen molar-refractivity contribution in [1.82, 2.24) is 0 Å². The van der Waals surface area contributed by atoms with Crippen molar-refractivity contribution < 1.29 is 9.53 Å². The highest BCUT2D eigenvalue weighted by molar-refractivity contribution is 6.03. The summed E-state index contributed by atoms with van der Waals surface area (Å²) in [5.74, 6) is -0.259. The van der Waals surface area contributed by atoms with Gasteiger partial charge in [0, 0.05) is 5.71 Å². The minimum absolute atomic E-state index is 0.119. The number of aliphatic imine (C=N–C) groups is 1. The molecule has 3 nitrogen and oxygen atoms in total. The van der Waals surface area contributed by atoms with Gasteiger partial charge in [-0.3, -0.25) is 9.79 Å². The van der Waals surface area contributed by atoms with E-state index in [9.17, 15) is 4.79 Å². The third-order valence-electron chi connectivity index (χ3n) is 3.18. The van der Waals surface area contributed by atoms with Crippen LogP contribution >= 0.6 is 0 Å². The third kappa shape index (κ3) is 3.19. The molecule has 1 unspecified atom stereocenters. The average Bonchev–Trinajstić information content (AvgIpc) is 2.41. The molecule has 3 heteroatoms. The van der Waals surface area contributed by atoms with Gasteiger partial charge in [0.2, 0.25) is 0 Å². The van der Waals surface area contributed by atoms with Gasteiger partial charge < -0.3 is 4.74 Å². The van der Waals surface area contributed by atoms with E-state index in [0.29, 0.717) is 6.61 Å². The number of ether oxygens (including phenoxy) is 1. The lowest BCUT2D eigenvalue weighted by Crippen LogP contribution is -2.29. The van der Waals surface area contributed by atoms with Crippen LogP contribution in [0.1, 0.15) is 32.6 Å². The monoisotopic (exact) mass is 245 g/mol. The van der Waals surface area contributed by atoms with Crippen LogP contribution in [0.3, 0.4) is 0 Å². The molecule has 0 bridgehead atoms. The molecular formula is C15H19NO2. The Balaban J connectivity index is 2.17. The van der Waals surface area contributed by atoms with Gasteiger partial charge in [-0.2, -0.15) is 0 Å². The zero-order valence-electron chi connectivity index (χ0n) is 10.8. The van der Waals surface area contributed by atoms with E-state index in [4.69, 9.17) is 4.74 Å². The van der Waals surface area contributed by atoms with Crippen LogP contribution in [0.25, 0.3) is 0 Å². The van der Waals surface area contributed by atoms with Crippen LogP contribution in [0.2, 0.25) is 0 Å². The summed E-state index contributed by atoms with van der Waals surface area (Å²) in [6.45, 7) is 2.28. The quantitative estimate of drug-likeness (QED) is 0.764. The van der Waals surface area contributed by atoms with Crippen LogP contribution in [0.4, 0.5) is 5.69 Å². The molecule has 0 aliphatic heterocycles. The van der Waals surface area contributed by atoms with E-state index >= 15 is 0 Å². The van der Waals surface area contributed by atoms with Gasteiger partial charge in [0.15, 0.2) is 0 Å². The number of esters is 1. The van der Waals surface area contributed by atoms with E-state index in [1.54, 1.807) is 0 Å². The van der Waals surface area contributed by atoms with Gasteiger partial charge in [-0.1, -0.05) is 24.6 Å². The highest BCUT2D eigenvalue weighted by atomic mass is 16.5. The van der Waals surface area contributed by atoms with Gasteiger partial charge in [-0.05, 0) is 38.3 Å².